The second-order valence-electron chi connectivity index (χ2n) is 5.60. The van der Waals surface area contributed by atoms with Gasteiger partial charge >= 0.3 is 0 Å². The molecule has 0 aliphatic carbocycles. The number of pyridine rings is 1. The normalized spacial score (nSPS) is 18.5. The lowest BCUT2D eigenvalue weighted by Gasteiger charge is -2.30. The van der Waals surface area contributed by atoms with Gasteiger partial charge in [0, 0.05) is 24.7 Å². The van der Waals surface area contributed by atoms with Crippen LogP contribution in [0.25, 0.3) is 10.9 Å². The first-order chi connectivity index (χ1) is 10.2. The fraction of sp³-hybridized carbons (Fsp3) is 0.353. The summed E-state index contributed by atoms with van der Waals surface area (Å²) < 4.78 is 0. The van der Waals surface area contributed by atoms with Gasteiger partial charge in [0.05, 0.1) is 23.1 Å². The number of piperidine rings is 1. The summed E-state index contributed by atoms with van der Waals surface area (Å²) in [6, 6.07) is 10.00. The first-order valence-corrected chi connectivity index (χ1v) is 7.23. The van der Waals surface area contributed by atoms with E-state index in [0.29, 0.717) is 12.1 Å². The zero-order chi connectivity index (χ0) is 14.8. The number of likely N-dealkylation sites (tertiary alicyclic amines) is 1. The standard InChI is InChI=1S/C17H17N3O/c1-12-4-5-16-15(9-12)14(6-7-19-16)17(21)20-8-2-3-13(10-18)11-20/h4-7,9,13H,2-3,8,11H2,1H3/t13-/m1/s1. The van der Waals surface area contributed by atoms with E-state index in [1.54, 1.807) is 17.2 Å². The van der Waals surface area contributed by atoms with Crippen LogP contribution in [0, 0.1) is 24.2 Å². The predicted molar refractivity (Wildman–Crippen MR) is 80.7 cm³/mol. The van der Waals surface area contributed by atoms with Gasteiger partial charge in [-0.05, 0) is 38.0 Å². The van der Waals surface area contributed by atoms with Gasteiger partial charge in [0.1, 0.15) is 0 Å². The summed E-state index contributed by atoms with van der Waals surface area (Å²) in [5, 5.41) is 9.96. The lowest BCUT2D eigenvalue weighted by molar-refractivity contribution is 0.0700. The number of nitriles is 1. The highest BCUT2D eigenvalue weighted by Crippen LogP contribution is 2.23. The van der Waals surface area contributed by atoms with Crippen LogP contribution in [0.5, 0.6) is 0 Å². The molecule has 2 aromatic rings. The molecule has 1 saturated heterocycles. The number of hydrogen-bond donors (Lipinski definition) is 0. The third kappa shape index (κ3) is 2.59. The Morgan fingerprint density at radius 1 is 1.43 bits per heavy atom. The van der Waals surface area contributed by atoms with Crippen molar-refractivity contribution in [1.29, 1.82) is 5.26 Å². The number of benzene rings is 1. The monoisotopic (exact) mass is 279 g/mol. The number of rotatable bonds is 1. The highest BCUT2D eigenvalue weighted by atomic mass is 16.2. The molecule has 0 N–H and O–H groups in total. The molecule has 1 aromatic carbocycles. The minimum atomic E-state index is -0.0439. The highest BCUT2D eigenvalue weighted by molar-refractivity contribution is 6.06. The van der Waals surface area contributed by atoms with Crippen LogP contribution < -0.4 is 0 Å². The van der Waals surface area contributed by atoms with Gasteiger partial charge in [0.2, 0.25) is 0 Å². The number of hydrogen-bond acceptors (Lipinski definition) is 3. The number of aryl methyl sites for hydroxylation is 1. The zero-order valence-corrected chi connectivity index (χ0v) is 12.0. The van der Waals surface area contributed by atoms with Gasteiger partial charge in [-0.3, -0.25) is 9.78 Å². The maximum absolute atomic E-state index is 12.8. The molecule has 1 fully saturated rings. The maximum atomic E-state index is 12.8. The first-order valence-electron chi connectivity index (χ1n) is 7.23. The Morgan fingerprint density at radius 3 is 3.10 bits per heavy atom. The quantitative estimate of drug-likeness (QED) is 0.806. The van der Waals surface area contributed by atoms with Crippen LogP contribution in [-0.4, -0.2) is 28.9 Å². The number of carbonyl (C=O) groups is 1. The summed E-state index contributed by atoms with van der Waals surface area (Å²) in [7, 11) is 0. The molecule has 21 heavy (non-hydrogen) atoms. The Balaban J connectivity index is 1.98. The Labute approximate surface area is 124 Å². The van der Waals surface area contributed by atoms with Crippen molar-refractivity contribution in [3.8, 4) is 6.07 Å². The zero-order valence-electron chi connectivity index (χ0n) is 12.0. The molecule has 2 heterocycles. The lowest BCUT2D eigenvalue weighted by Crippen LogP contribution is -2.39. The number of carbonyl (C=O) groups excluding carboxylic acids is 1. The molecule has 1 atom stereocenters. The fourth-order valence-corrected chi connectivity index (χ4v) is 2.88. The Bertz CT molecular complexity index is 732. The molecule has 1 aliphatic heterocycles. The van der Waals surface area contributed by atoms with Crippen molar-refractivity contribution in [2.45, 2.75) is 19.8 Å². The van der Waals surface area contributed by atoms with Crippen molar-refractivity contribution in [2.75, 3.05) is 13.1 Å². The molecule has 0 unspecified atom stereocenters. The molecule has 4 heteroatoms. The highest BCUT2D eigenvalue weighted by Gasteiger charge is 2.25. The molecule has 3 rings (SSSR count). The van der Waals surface area contributed by atoms with Crippen LogP contribution in [0.4, 0.5) is 0 Å². The molecule has 1 aromatic heterocycles. The molecule has 4 nitrogen and oxygen atoms in total. The molecular formula is C17H17N3O. The minimum Gasteiger partial charge on any atom is -0.337 e. The van der Waals surface area contributed by atoms with Crippen molar-refractivity contribution >= 4 is 16.8 Å². The van der Waals surface area contributed by atoms with E-state index in [4.69, 9.17) is 5.26 Å². The van der Waals surface area contributed by atoms with E-state index in [2.05, 4.69) is 11.1 Å². The average molecular weight is 279 g/mol. The summed E-state index contributed by atoms with van der Waals surface area (Å²) in [5.41, 5.74) is 2.63. The van der Waals surface area contributed by atoms with Crippen LogP contribution in [0.2, 0.25) is 0 Å². The van der Waals surface area contributed by atoms with Crippen molar-refractivity contribution in [3.63, 3.8) is 0 Å². The Morgan fingerprint density at radius 2 is 2.29 bits per heavy atom. The average Bonchev–Trinajstić information content (AvgIpc) is 2.53. The summed E-state index contributed by atoms with van der Waals surface area (Å²) in [6.07, 6.45) is 3.46. The fourth-order valence-electron chi connectivity index (χ4n) is 2.88. The number of aromatic nitrogens is 1. The Kier molecular flexibility index (Phi) is 3.57. The number of nitrogens with zero attached hydrogens (tertiary/aromatic N) is 3. The first kappa shape index (κ1) is 13.6. The number of fused-ring (bicyclic) bond motifs is 1. The van der Waals surface area contributed by atoms with Gasteiger partial charge in [-0.2, -0.15) is 5.26 Å². The van der Waals surface area contributed by atoms with E-state index in [9.17, 15) is 4.79 Å². The van der Waals surface area contributed by atoms with E-state index in [0.717, 1.165) is 35.9 Å². The van der Waals surface area contributed by atoms with Crippen molar-refractivity contribution in [2.24, 2.45) is 5.92 Å². The molecule has 0 bridgehead atoms. The summed E-state index contributed by atoms with van der Waals surface area (Å²) in [6.45, 7) is 3.27. The molecule has 106 valence electrons. The van der Waals surface area contributed by atoms with E-state index in [1.165, 1.54) is 0 Å². The van der Waals surface area contributed by atoms with Crippen molar-refractivity contribution < 1.29 is 4.79 Å². The van der Waals surface area contributed by atoms with Gasteiger partial charge in [0.15, 0.2) is 0 Å². The van der Waals surface area contributed by atoms with Crippen molar-refractivity contribution in [1.82, 2.24) is 9.88 Å². The SMILES string of the molecule is Cc1ccc2nccc(C(=O)N3CCC[C@H](C#N)C3)c2c1. The molecule has 0 radical (unpaired) electrons. The van der Waals surface area contributed by atoms with Gasteiger partial charge in [-0.15, -0.1) is 0 Å². The van der Waals surface area contributed by atoms with E-state index < -0.39 is 0 Å². The molecule has 0 saturated carbocycles. The smallest absolute Gasteiger partial charge is 0.254 e. The van der Waals surface area contributed by atoms with E-state index in [1.807, 2.05) is 25.1 Å². The lowest BCUT2D eigenvalue weighted by atomic mass is 9.98. The van der Waals surface area contributed by atoms with E-state index in [-0.39, 0.29) is 11.8 Å². The van der Waals surface area contributed by atoms with Crippen LogP contribution >= 0.6 is 0 Å². The predicted octanol–water partition coefficient (Wildman–Crippen LogP) is 2.92. The maximum Gasteiger partial charge on any atom is 0.254 e. The van der Waals surface area contributed by atoms with Crippen LogP contribution in [0.1, 0.15) is 28.8 Å². The second kappa shape index (κ2) is 5.53. The molecule has 1 amide bonds. The molecule has 1 aliphatic rings. The summed E-state index contributed by atoms with van der Waals surface area (Å²) in [5.74, 6) is -0.0366. The van der Waals surface area contributed by atoms with Crippen LogP contribution in [0.3, 0.4) is 0 Å². The van der Waals surface area contributed by atoms with E-state index >= 15 is 0 Å². The van der Waals surface area contributed by atoms with Gasteiger partial charge in [0.25, 0.3) is 5.91 Å². The third-order valence-corrected chi connectivity index (χ3v) is 4.02. The summed E-state index contributed by atoms with van der Waals surface area (Å²) in [4.78, 5) is 18.9. The Hall–Kier alpha value is -2.41. The van der Waals surface area contributed by atoms with Gasteiger partial charge in [-0.1, -0.05) is 11.6 Å². The minimum absolute atomic E-state index is 0.00736. The largest absolute Gasteiger partial charge is 0.337 e. The molecule has 0 spiro atoms. The van der Waals surface area contributed by atoms with Gasteiger partial charge in [-0.25, -0.2) is 0 Å². The molecular weight excluding hydrogens is 262 g/mol. The van der Waals surface area contributed by atoms with Crippen LogP contribution in [0.15, 0.2) is 30.5 Å². The van der Waals surface area contributed by atoms with Crippen LogP contribution in [-0.2, 0) is 0 Å². The van der Waals surface area contributed by atoms with Crippen molar-refractivity contribution in [3.05, 3.63) is 41.6 Å². The topological polar surface area (TPSA) is 57.0 Å². The third-order valence-electron chi connectivity index (χ3n) is 4.02. The number of amides is 1. The van der Waals surface area contributed by atoms with Gasteiger partial charge < -0.3 is 4.90 Å². The summed E-state index contributed by atoms with van der Waals surface area (Å²) >= 11 is 0. The second-order valence-corrected chi connectivity index (χ2v) is 5.60.